The average Bonchev–Trinajstić information content (AvgIpc) is 3.39. The summed E-state index contributed by atoms with van der Waals surface area (Å²) in [4.78, 5) is 24.5. The first kappa shape index (κ1) is 71.3. The molecule has 0 aromatic heterocycles. The molecule has 73 heavy (non-hydrogen) atoms. The van der Waals surface area contributed by atoms with E-state index < -0.39 is 12.1 Å². The van der Waals surface area contributed by atoms with E-state index in [1.165, 1.54) is 289 Å². The maximum Gasteiger partial charge on any atom is 0.305 e. The molecule has 0 saturated carbocycles. The molecular formula is C67H129NO5. The van der Waals surface area contributed by atoms with Crippen molar-refractivity contribution in [1.82, 2.24) is 5.32 Å². The Hall–Kier alpha value is -1.66. The number of aliphatic hydroxyl groups excluding tert-OH is 2. The molecule has 0 aliphatic carbocycles. The second kappa shape index (κ2) is 62.9. The maximum atomic E-state index is 12.5. The van der Waals surface area contributed by atoms with Crippen molar-refractivity contribution in [3.63, 3.8) is 0 Å². The Bertz CT molecular complexity index is 1140. The van der Waals surface area contributed by atoms with Gasteiger partial charge in [0, 0.05) is 12.8 Å². The summed E-state index contributed by atoms with van der Waals surface area (Å²) >= 11 is 0. The number of aliphatic hydroxyl groups is 2. The van der Waals surface area contributed by atoms with Crippen molar-refractivity contribution in [3.05, 3.63) is 24.3 Å². The molecule has 0 aromatic carbocycles. The molecule has 0 bridgehead atoms. The molecule has 0 aliphatic rings. The first-order valence-corrected chi connectivity index (χ1v) is 33.1. The van der Waals surface area contributed by atoms with Crippen LogP contribution in [-0.4, -0.2) is 47.4 Å². The van der Waals surface area contributed by atoms with Gasteiger partial charge in [-0.05, 0) is 70.6 Å². The van der Waals surface area contributed by atoms with Crippen LogP contribution >= 0.6 is 0 Å². The minimum Gasteiger partial charge on any atom is -0.466 e. The predicted octanol–water partition coefficient (Wildman–Crippen LogP) is 21.0. The van der Waals surface area contributed by atoms with Crippen LogP contribution in [0, 0.1) is 0 Å². The zero-order valence-corrected chi connectivity index (χ0v) is 49.4. The smallest absolute Gasteiger partial charge is 0.305 e. The predicted molar refractivity (Wildman–Crippen MR) is 320 cm³/mol. The lowest BCUT2D eigenvalue weighted by atomic mass is 10.0. The number of nitrogens with one attached hydrogen (secondary N) is 1. The third kappa shape index (κ3) is 59.4. The van der Waals surface area contributed by atoms with Gasteiger partial charge in [0.25, 0.3) is 0 Å². The van der Waals surface area contributed by atoms with Crippen molar-refractivity contribution in [2.45, 2.75) is 379 Å². The molecule has 0 saturated heterocycles. The minimum absolute atomic E-state index is 0.00571. The number of amides is 1. The number of carbonyl (C=O) groups excluding carboxylic acids is 2. The SMILES string of the molecule is CCCC/C=C\CCCCCCCC(=O)OCCCCCCCCCCCCCC/C=C\CCCCCCCCCCCCCCCC(=O)NC(CO)C(O)CCCCCCCCCCCCCCCCCC. The number of unbranched alkanes of at least 4 members (excludes halogenated alkanes) is 47. The first-order valence-electron chi connectivity index (χ1n) is 33.1. The van der Waals surface area contributed by atoms with Crippen molar-refractivity contribution in [2.75, 3.05) is 13.2 Å². The molecule has 0 aliphatic heterocycles. The molecule has 3 N–H and O–H groups in total. The second-order valence-corrected chi connectivity index (χ2v) is 22.8. The van der Waals surface area contributed by atoms with Gasteiger partial charge in [0.1, 0.15) is 0 Å². The monoisotopic (exact) mass is 1030 g/mol. The summed E-state index contributed by atoms with van der Waals surface area (Å²) in [5.41, 5.74) is 0. The molecule has 0 aromatic rings. The quantitative estimate of drug-likeness (QED) is 0.0320. The zero-order chi connectivity index (χ0) is 52.9. The summed E-state index contributed by atoms with van der Waals surface area (Å²) in [7, 11) is 0. The fourth-order valence-corrected chi connectivity index (χ4v) is 10.4. The van der Waals surface area contributed by atoms with Crippen molar-refractivity contribution < 1.29 is 24.5 Å². The molecule has 2 atom stereocenters. The lowest BCUT2D eigenvalue weighted by molar-refractivity contribution is -0.143. The normalized spacial score (nSPS) is 12.7. The van der Waals surface area contributed by atoms with E-state index in [0.29, 0.717) is 25.9 Å². The van der Waals surface area contributed by atoms with Gasteiger partial charge in [-0.1, -0.05) is 308 Å². The standard InChI is InChI=1S/C67H129NO5/c1-3-5-7-9-11-13-15-16-17-33-36-40-43-47-51-55-59-65(70)64(63-69)68-66(71)60-56-52-48-44-41-37-34-31-29-27-25-23-21-19-18-20-22-24-26-28-30-32-35-38-42-46-50-54-58-62-73-67(72)61-57-53-49-45-39-14-12-10-8-6-4-2/h10,12,18,20,64-65,69-70H,3-9,11,13-17,19,21-63H2,1-2H3,(H,68,71)/b12-10-,20-18-. The van der Waals surface area contributed by atoms with Crippen LogP contribution in [0.1, 0.15) is 367 Å². The van der Waals surface area contributed by atoms with Gasteiger partial charge < -0.3 is 20.3 Å². The highest BCUT2D eigenvalue weighted by Crippen LogP contribution is 2.18. The van der Waals surface area contributed by atoms with Crippen molar-refractivity contribution in [1.29, 1.82) is 0 Å². The molecular weight excluding hydrogens is 899 g/mol. The fourth-order valence-electron chi connectivity index (χ4n) is 10.4. The Morgan fingerprint density at radius 3 is 1.01 bits per heavy atom. The zero-order valence-electron chi connectivity index (χ0n) is 49.4. The number of hydrogen-bond acceptors (Lipinski definition) is 5. The van der Waals surface area contributed by atoms with E-state index in [-0.39, 0.29) is 18.5 Å². The summed E-state index contributed by atoms with van der Waals surface area (Å²) in [6.45, 7) is 4.94. The molecule has 0 fully saturated rings. The van der Waals surface area contributed by atoms with E-state index in [1.54, 1.807) is 0 Å². The van der Waals surface area contributed by atoms with Gasteiger partial charge in [-0.25, -0.2) is 0 Å². The van der Waals surface area contributed by atoms with Gasteiger partial charge in [0.15, 0.2) is 0 Å². The lowest BCUT2D eigenvalue weighted by Crippen LogP contribution is -2.45. The van der Waals surface area contributed by atoms with E-state index in [9.17, 15) is 19.8 Å². The molecule has 6 nitrogen and oxygen atoms in total. The topological polar surface area (TPSA) is 95.9 Å². The third-order valence-electron chi connectivity index (χ3n) is 15.5. The Labute approximate surface area is 456 Å². The van der Waals surface area contributed by atoms with E-state index in [2.05, 4.69) is 43.5 Å². The van der Waals surface area contributed by atoms with Crippen LogP contribution in [0.15, 0.2) is 24.3 Å². The van der Waals surface area contributed by atoms with Gasteiger partial charge in [0.2, 0.25) is 5.91 Å². The summed E-state index contributed by atoms with van der Waals surface area (Å²) in [5, 5.41) is 23.3. The van der Waals surface area contributed by atoms with Crippen molar-refractivity contribution in [3.8, 4) is 0 Å². The van der Waals surface area contributed by atoms with Gasteiger partial charge in [-0.15, -0.1) is 0 Å². The number of hydrogen-bond donors (Lipinski definition) is 3. The molecule has 0 spiro atoms. The molecule has 2 unspecified atom stereocenters. The molecule has 0 heterocycles. The minimum atomic E-state index is -0.663. The molecule has 0 radical (unpaired) electrons. The highest BCUT2D eigenvalue weighted by atomic mass is 16.5. The first-order chi connectivity index (χ1) is 36.0. The Kier molecular flexibility index (Phi) is 61.4. The van der Waals surface area contributed by atoms with Crippen LogP contribution in [0.5, 0.6) is 0 Å². The van der Waals surface area contributed by atoms with Crippen LogP contribution in [0.2, 0.25) is 0 Å². The number of ether oxygens (including phenoxy) is 1. The van der Waals surface area contributed by atoms with Crippen LogP contribution < -0.4 is 5.32 Å². The highest BCUT2D eigenvalue weighted by Gasteiger charge is 2.20. The highest BCUT2D eigenvalue weighted by molar-refractivity contribution is 5.76. The summed E-state index contributed by atoms with van der Waals surface area (Å²) < 4.78 is 5.46. The molecule has 0 rings (SSSR count). The summed E-state index contributed by atoms with van der Waals surface area (Å²) in [5.74, 6) is -0.0256. The molecule has 432 valence electrons. The van der Waals surface area contributed by atoms with Crippen LogP contribution in [0.25, 0.3) is 0 Å². The number of carbonyl (C=O) groups is 2. The van der Waals surface area contributed by atoms with Gasteiger partial charge in [0.05, 0.1) is 25.4 Å². The average molecular weight is 1030 g/mol. The van der Waals surface area contributed by atoms with E-state index in [1.807, 2.05) is 0 Å². The van der Waals surface area contributed by atoms with Crippen LogP contribution in [-0.2, 0) is 14.3 Å². The number of rotatable bonds is 62. The Balaban J connectivity index is 3.37. The van der Waals surface area contributed by atoms with Gasteiger partial charge >= 0.3 is 5.97 Å². The number of allylic oxidation sites excluding steroid dienone is 4. The maximum absolute atomic E-state index is 12.5. The largest absolute Gasteiger partial charge is 0.466 e. The van der Waals surface area contributed by atoms with Crippen molar-refractivity contribution >= 4 is 11.9 Å². The number of esters is 1. The van der Waals surface area contributed by atoms with E-state index in [4.69, 9.17) is 4.74 Å². The fraction of sp³-hybridized carbons (Fsp3) is 0.910. The lowest BCUT2D eigenvalue weighted by Gasteiger charge is -2.22. The van der Waals surface area contributed by atoms with E-state index in [0.717, 1.165) is 44.9 Å². The van der Waals surface area contributed by atoms with E-state index >= 15 is 0 Å². The van der Waals surface area contributed by atoms with Crippen LogP contribution in [0.4, 0.5) is 0 Å². The summed E-state index contributed by atoms with van der Waals surface area (Å²) in [6, 6.07) is -0.540. The third-order valence-corrected chi connectivity index (χ3v) is 15.5. The van der Waals surface area contributed by atoms with Gasteiger partial charge in [-0.3, -0.25) is 9.59 Å². The second-order valence-electron chi connectivity index (χ2n) is 22.8. The van der Waals surface area contributed by atoms with Gasteiger partial charge in [-0.2, -0.15) is 0 Å². The summed E-state index contributed by atoms with van der Waals surface area (Å²) in [6.07, 6.45) is 77.8. The Morgan fingerprint density at radius 1 is 0.370 bits per heavy atom. The Morgan fingerprint density at radius 2 is 0.658 bits per heavy atom. The molecule has 1 amide bonds. The van der Waals surface area contributed by atoms with Crippen LogP contribution in [0.3, 0.4) is 0 Å². The van der Waals surface area contributed by atoms with Crippen molar-refractivity contribution in [2.24, 2.45) is 0 Å². The molecule has 6 heteroatoms.